The molecule has 0 fully saturated rings. The van der Waals surface area contributed by atoms with Gasteiger partial charge in [-0.05, 0) is 31.3 Å². The summed E-state index contributed by atoms with van der Waals surface area (Å²) in [6.07, 6.45) is 22.3. The fourth-order valence-electron chi connectivity index (χ4n) is 3.56. The number of rotatable bonds is 20. The molecular formula is C24H46O4. The van der Waals surface area contributed by atoms with Crippen molar-refractivity contribution in [1.29, 1.82) is 0 Å². The van der Waals surface area contributed by atoms with E-state index in [0.717, 1.165) is 38.5 Å². The summed E-state index contributed by atoms with van der Waals surface area (Å²) in [7, 11) is 0. The normalized spacial score (nSPS) is 12.5. The van der Waals surface area contributed by atoms with E-state index < -0.39 is 11.8 Å². The maximum atomic E-state index is 11.1. The number of carboxylic acid groups (broad SMARTS) is 1. The van der Waals surface area contributed by atoms with Gasteiger partial charge in [0.15, 0.2) is 0 Å². The van der Waals surface area contributed by atoms with Crippen LogP contribution in [0.5, 0.6) is 0 Å². The molecule has 0 atom stereocenters. The van der Waals surface area contributed by atoms with Crippen molar-refractivity contribution in [3.05, 3.63) is 11.6 Å². The van der Waals surface area contributed by atoms with Gasteiger partial charge in [-0.25, -0.2) is 4.79 Å². The minimum absolute atomic E-state index is 0.249. The van der Waals surface area contributed by atoms with Gasteiger partial charge in [-0.15, -0.1) is 0 Å². The highest BCUT2D eigenvalue weighted by Crippen LogP contribution is 2.23. The molecule has 0 amide bonds. The van der Waals surface area contributed by atoms with Crippen molar-refractivity contribution in [3.8, 4) is 0 Å². The fraction of sp³-hybridized carbons (Fsp3) is 0.875. The van der Waals surface area contributed by atoms with Crippen molar-refractivity contribution in [1.82, 2.24) is 0 Å². The molecule has 0 aliphatic heterocycles. The summed E-state index contributed by atoms with van der Waals surface area (Å²) >= 11 is 0. The zero-order valence-corrected chi connectivity index (χ0v) is 18.6. The molecular weight excluding hydrogens is 352 g/mol. The van der Waals surface area contributed by atoms with Gasteiger partial charge >= 0.3 is 5.97 Å². The summed E-state index contributed by atoms with van der Waals surface area (Å²) < 4.78 is 0. The number of aliphatic hydroxyl groups is 2. The largest absolute Gasteiger partial charge is 0.477 e. The minimum atomic E-state index is -2.72. The van der Waals surface area contributed by atoms with Crippen molar-refractivity contribution >= 4 is 5.97 Å². The predicted molar refractivity (Wildman–Crippen MR) is 117 cm³/mol. The molecule has 4 heteroatoms. The third kappa shape index (κ3) is 14.2. The van der Waals surface area contributed by atoms with Gasteiger partial charge in [0.2, 0.25) is 0 Å². The monoisotopic (exact) mass is 398 g/mol. The number of hydrogen-bond acceptors (Lipinski definition) is 3. The molecule has 0 rings (SSSR count). The summed E-state index contributed by atoms with van der Waals surface area (Å²) in [6, 6.07) is 0. The number of carbonyl (C=O) groups is 1. The van der Waals surface area contributed by atoms with Crippen LogP contribution in [-0.4, -0.2) is 27.1 Å². The molecule has 166 valence electrons. The molecule has 0 aromatic rings. The third-order valence-electron chi connectivity index (χ3n) is 5.49. The van der Waals surface area contributed by atoms with Gasteiger partial charge < -0.3 is 15.3 Å². The van der Waals surface area contributed by atoms with E-state index in [2.05, 4.69) is 13.8 Å². The fourth-order valence-corrected chi connectivity index (χ4v) is 3.56. The van der Waals surface area contributed by atoms with Crippen LogP contribution in [0, 0.1) is 0 Å². The Morgan fingerprint density at radius 1 is 0.679 bits per heavy atom. The van der Waals surface area contributed by atoms with E-state index in [1.165, 1.54) is 64.2 Å². The molecule has 0 aromatic carbocycles. The van der Waals surface area contributed by atoms with Crippen molar-refractivity contribution < 1.29 is 20.1 Å². The maximum absolute atomic E-state index is 11.1. The molecule has 0 bridgehead atoms. The lowest BCUT2D eigenvalue weighted by Crippen LogP contribution is -2.40. The number of hydrogen-bond donors (Lipinski definition) is 3. The molecule has 0 aromatic heterocycles. The first kappa shape index (κ1) is 27.1. The van der Waals surface area contributed by atoms with Crippen molar-refractivity contribution in [2.75, 3.05) is 0 Å². The highest BCUT2D eigenvalue weighted by Gasteiger charge is 2.36. The predicted octanol–water partition coefficient (Wildman–Crippen LogP) is 6.74. The van der Waals surface area contributed by atoms with E-state index in [1.807, 2.05) is 0 Å². The highest BCUT2D eigenvalue weighted by molar-refractivity contribution is 5.79. The van der Waals surface area contributed by atoms with E-state index in [9.17, 15) is 15.0 Å². The number of carboxylic acids is 1. The van der Waals surface area contributed by atoms with Crippen LogP contribution < -0.4 is 0 Å². The molecule has 0 heterocycles. The van der Waals surface area contributed by atoms with Crippen LogP contribution in [-0.2, 0) is 4.79 Å². The van der Waals surface area contributed by atoms with Crippen LogP contribution in [0.25, 0.3) is 0 Å². The lowest BCUT2D eigenvalue weighted by Gasteiger charge is -2.20. The third-order valence-corrected chi connectivity index (χ3v) is 5.49. The number of unbranched alkanes of at least 4 members (excludes halogenated alkanes) is 15. The van der Waals surface area contributed by atoms with Crippen LogP contribution in [0.2, 0.25) is 0 Å². The van der Waals surface area contributed by atoms with E-state index in [-0.39, 0.29) is 5.57 Å². The molecule has 0 radical (unpaired) electrons. The van der Waals surface area contributed by atoms with Crippen LogP contribution >= 0.6 is 0 Å². The molecule has 3 N–H and O–H groups in total. The van der Waals surface area contributed by atoms with Crippen LogP contribution in [0.15, 0.2) is 11.6 Å². The zero-order valence-electron chi connectivity index (χ0n) is 18.6. The lowest BCUT2D eigenvalue weighted by molar-refractivity contribution is -0.191. The van der Waals surface area contributed by atoms with Gasteiger partial charge in [-0.3, -0.25) is 0 Å². The first-order valence-corrected chi connectivity index (χ1v) is 11.8. The van der Waals surface area contributed by atoms with Gasteiger partial charge in [-0.1, -0.05) is 110 Å². The van der Waals surface area contributed by atoms with Crippen molar-refractivity contribution in [3.63, 3.8) is 0 Å². The molecule has 0 saturated carbocycles. The Morgan fingerprint density at radius 3 is 1.50 bits per heavy atom. The van der Waals surface area contributed by atoms with Gasteiger partial charge in [0.25, 0.3) is 5.79 Å². The first-order chi connectivity index (χ1) is 13.5. The molecule has 4 nitrogen and oxygen atoms in total. The topological polar surface area (TPSA) is 77.8 Å². The number of allylic oxidation sites excluding steroid dienone is 1. The molecule has 28 heavy (non-hydrogen) atoms. The molecule has 0 unspecified atom stereocenters. The van der Waals surface area contributed by atoms with E-state index >= 15 is 0 Å². The highest BCUT2D eigenvalue weighted by atomic mass is 16.5. The van der Waals surface area contributed by atoms with Gasteiger partial charge in [-0.2, -0.15) is 0 Å². The Balaban J connectivity index is 3.86. The van der Waals surface area contributed by atoms with Gasteiger partial charge in [0.05, 0.1) is 0 Å². The van der Waals surface area contributed by atoms with E-state index in [1.54, 1.807) is 6.08 Å². The lowest BCUT2D eigenvalue weighted by atomic mass is 9.96. The standard InChI is InChI=1S/C24H46O4/c1-3-5-7-9-10-11-12-13-14-15-16-17-19-21-22(20-18-8-6-4-2)24(27,28)23(25)26/h20,27-28H,3-19,21H2,1-2H3,(H,25,26). The Hall–Kier alpha value is -0.870. The average molecular weight is 399 g/mol. The second-order valence-corrected chi connectivity index (χ2v) is 8.20. The second kappa shape index (κ2) is 18.2. The summed E-state index contributed by atoms with van der Waals surface area (Å²) in [5.74, 6) is -4.30. The molecule has 0 aliphatic carbocycles. The quantitative estimate of drug-likeness (QED) is 0.120. The Labute approximate surface area is 173 Å². The Morgan fingerprint density at radius 2 is 1.07 bits per heavy atom. The molecule has 0 spiro atoms. The van der Waals surface area contributed by atoms with E-state index in [4.69, 9.17) is 5.11 Å². The van der Waals surface area contributed by atoms with Crippen molar-refractivity contribution in [2.45, 2.75) is 135 Å². The smallest absolute Gasteiger partial charge is 0.368 e. The summed E-state index contributed by atoms with van der Waals surface area (Å²) in [5.41, 5.74) is 0.249. The van der Waals surface area contributed by atoms with Crippen LogP contribution in [0.3, 0.4) is 0 Å². The Kier molecular flexibility index (Phi) is 17.6. The number of aliphatic carboxylic acids is 1. The summed E-state index contributed by atoms with van der Waals surface area (Å²) in [5, 5.41) is 28.9. The van der Waals surface area contributed by atoms with Gasteiger partial charge in [0, 0.05) is 0 Å². The van der Waals surface area contributed by atoms with Crippen LogP contribution in [0.4, 0.5) is 0 Å². The summed E-state index contributed by atoms with van der Waals surface area (Å²) in [6.45, 7) is 4.36. The SMILES string of the molecule is CCCCCC=C(CCCCCCCCCCCCCCC)C(O)(O)C(=O)O. The first-order valence-electron chi connectivity index (χ1n) is 11.8. The minimum Gasteiger partial charge on any atom is -0.477 e. The van der Waals surface area contributed by atoms with E-state index in [0.29, 0.717) is 12.8 Å². The van der Waals surface area contributed by atoms with Gasteiger partial charge in [0.1, 0.15) is 0 Å². The zero-order chi connectivity index (χ0) is 21.1. The van der Waals surface area contributed by atoms with Crippen molar-refractivity contribution in [2.24, 2.45) is 0 Å². The maximum Gasteiger partial charge on any atom is 0.368 e. The van der Waals surface area contributed by atoms with Crippen LogP contribution in [0.1, 0.15) is 129 Å². The summed E-state index contributed by atoms with van der Waals surface area (Å²) in [4.78, 5) is 11.1. The average Bonchev–Trinajstić information content (AvgIpc) is 2.66. The Bertz CT molecular complexity index is 401. The molecule has 0 aliphatic rings. The molecule has 0 saturated heterocycles. The second-order valence-electron chi connectivity index (χ2n) is 8.20.